The number of primary amides is 1. The number of nitrogens with zero attached hydrogens (tertiary/aromatic N) is 2. The molecule has 1 amide bonds. The van der Waals surface area contributed by atoms with Gasteiger partial charge in [0.25, 0.3) is 15.9 Å². The first kappa shape index (κ1) is 31.0. The molecule has 7 N–H and O–H groups in total. The maximum Gasteiger partial charge on any atom is 0.267 e. The van der Waals surface area contributed by atoms with Gasteiger partial charge in [-0.15, -0.1) is 0 Å². The van der Waals surface area contributed by atoms with Crippen LogP contribution in [0.25, 0.3) is 16.9 Å². The predicted molar refractivity (Wildman–Crippen MR) is 162 cm³/mol. The SMILES string of the molecule is Cc1oncc1S(=O)(=O)Nc1ccc(-c2ccc(O)c3c2C[C@H]2C[C@H]4C(N(C)C)C(=O)C(C(N)=O)=C(O)[C@@]4(O)C(=O)C2=C3O)cc1. The number of phenolic OH excluding ortho intramolecular Hbond substituents is 1. The number of aryl methyl sites for hydroxylation is 1. The number of aliphatic hydroxyl groups excluding tert-OH is 2. The minimum atomic E-state index is -3.97. The molecule has 3 aromatic rings. The molecule has 0 bridgehead atoms. The number of nitrogens with one attached hydrogen (secondary N) is 1. The molecule has 1 heterocycles. The summed E-state index contributed by atoms with van der Waals surface area (Å²) in [5.74, 6) is -7.18. The second-order valence-electron chi connectivity index (χ2n) is 11.9. The fraction of sp³-hybridized carbons (Fsp3) is 0.290. The monoisotopic (exact) mass is 650 g/mol. The van der Waals surface area contributed by atoms with Gasteiger partial charge in [-0.1, -0.05) is 23.4 Å². The van der Waals surface area contributed by atoms with Gasteiger partial charge in [-0.3, -0.25) is 24.0 Å². The number of aliphatic hydroxyl groups is 3. The molecule has 1 saturated carbocycles. The molecule has 240 valence electrons. The van der Waals surface area contributed by atoms with Gasteiger partial charge in [0, 0.05) is 17.2 Å². The van der Waals surface area contributed by atoms with Gasteiger partial charge in [-0.25, -0.2) is 8.42 Å². The number of anilines is 1. The number of fused-ring (bicyclic) bond motifs is 3. The van der Waals surface area contributed by atoms with Crippen molar-refractivity contribution < 1.29 is 47.8 Å². The third-order valence-electron chi connectivity index (χ3n) is 9.05. The molecule has 0 spiro atoms. The van der Waals surface area contributed by atoms with E-state index < -0.39 is 68.1 Å². The maximum atomic E-state index is 14.0. The van der Waals surface area contributed by atoms with Gasteiger partial charge in [-0.2, -0.15) is 0 Å². The van der Waals surface area contributed by atoms with Gasteiger partial charge in [-0.05, 0) is 74.7 Å². The molecular formula is C31H30N4O10S. The van der Waals surface area contributed by atoms with Crippen molar-refractivity contribution in [1.82, 2.24) is 10.1 Å². The summed E-state index contributed by atoms with van der Waals surface area (Å²) in [7, 11) is -0.914. The molecule has 0 aliphatic heterocycles. The minimum Gasteiger partial charge on any atom is -0.508 e. The summed E-state index contributed by atoms with van der Waals surface area (Å²) in [5.41, 5.74) is 3.33. The lowest BCUT2D eigenvalue weighted by atomic mass is 9.57. The molecule has 3 aliphatic carbocycles. The number of ketones is 2. The van der Waals surface area contributed by atoms with E-state index in [1.54, 1.807) is 18.2 Å². The van der Waals surface area contributed by atoms with Gasteiger partial charge in [0.1, 0.15) is 27.7 Å². The van der Waals surface area contributed by atoms with E-state index in [-0.39, 0.29) is 46.1 Å². The molecule has 1 unspecified atom stereocenters. The van der Waals surface area contributed by atoms with Crippen molar-refractivity contribution in [1.29, 1.82) is 0 Å². The summed E-state index contributed by atoms with van der Waals surface area (Å²) < 4.78 is 32.8. The van der Waals surface area contributed by atoms with Crippen LogP contribution in [0.4, 0.5) is 5.69 Å². The Hall–Kier alpha value is -4.99. The average Bonchev–Trinajstić information content (AvgIpc) is 3.42. The number of carbonyl (C=O) groups excluding carboxylic acids is 3. The lowest BCUT2D eigenvalue weighted by Crippen LogP contribution is -2.65. The summed E-state index contributed by atoms with van der Waals surface area (Å²) in [4.78, 5) is 40.8. The Morgan fingerprint density at radius 3 is 2.37 bits per heavy atom. The number of amides is 1. The van der Waals surface area contributed by atoms with Gasteiger partial charge in [0.15, 0.2) is 17.1 Å². The van der Waals surface area contributed by atoms with Crippen molar-refractivity contribution >= 4 is 38.9 Å². The fourth-order valence-corrected chi connectivity index (χ4v) is 8.14. The number of benzene rings is 2. The quantitative estimate of drug-likeness (QED) is 0.209. The largest absolute Gasteiger partial charge is 0.508 e. The smallest absolute Gasteiger partial charge is 0.267 e. The Morgan fingerprint density at radius 2 is 1.78 bits per heavy atom. The highest BCUT2D eigenvalue weighted by atomic mass is 32.2. The predicted octanol–water partition coefficient (Wildman–Crippen LogP) is 1.73. The van der Waals surface area contributed by atoms with Crippen molar-refractivity contribution in [3.63, 3.8) is 0 Å². The first-order valence-electron chi connectivity index (χ1n) is 14.1. The Morgan fingerprint density at radius 1 is 1.11 bits per heavy atom. The van der Waals surface area contributed by atoms with E-state index in [1.165, 1.54) is 44.1 Å². The highest BCUT2D eigenvalue weighted by molar-refractivity contribution is 7.92. The first-order valence-corrected chi connectivity index (χ1v) is 15.6. The zero-order valence-corrected chi connectivity index (χ0v) is 25.6. The van der Waals surface area contributed by atoms with Crippen LogP contribution in [0.2, 0.25) is 0 Å². The summed E-state index contributed by atoms with van der Waals surface area (Å²) in [6.45, 7) is 1.47. The van der Waals surface area contributed by atoms with Crippen molar-refractivity contribution in [2.24, 2.45) is 17.6 Å². The van der Waals surface area contributed by atoms with Crippen LogP contribution in [0.15, 0.2) is 68.9 Å². The van der Waals surface area contributed by atoms with Crippen LogP contribution in [0.3, 0.4) is 0 Å². The number of aromatic nitrogens is 1. The van der Waals surface area contributed by atoms with Gasteiger partial charge < -0.3 is 30.7 Å². The molecule has 1 aromatic heterocycles. The van der Waals surface area contributed by atoms with Crippen LogP contribution in [0, 0.1) is 18.8 Å². The first-order chi connectivity index (χ1) is 21.6. The van der Waals surface area contributed by atoms with Gasteiger partial charge in [0.2, 0.25) is 5.78 Å². The molecule has 0 radical (unpaired) electrons. The zero-order valence-electron chi connectivity index (χ0n) is 24.8. The third kappa shape index (κ3) is 4.41. The molecule has 6 rings (SSSR count). The van der Waals surface area contributed by atoms with Gasteiger partial charge >= 0.3 is 0 Å². The number of carbonyl (C=O) groups is 3. The highest BCUT2D eigenvalue weighted by Crippen LogP contribution is 2.53. The highest BCUT2D eigenvalue weighted by Gasteiger charge is 2.64. The second-order valence-corrected chi connectivity index (χ2v) is 13.5. The number of aromatic hydroxyl groups is 1. The number of sulfonamides is 1. The molecule has 46 heavy (non-hydrogen) atoms. The molecule has 2 aromatic carbocycles. The number of nitrogens with two attached hydrogens (primary N) is 1. The van der Waals surface area contributed by atoms with E-state index in [9.17, 15) is 43.2 Å². The standard InChI is InChI=1S/C31H30N4O10S/c1-13-21(12-33-45-13)46(43,44)34-16-6-4-14(5-7-16)17-8-9-20(36)23-18(17)10-15-11-19-25(35(2)3)27(38)24(30(32)41)29(40)31(19,42)28(39)22(15)26(23)37/h4-9,12,15,19,25,34,36-37,40,42H,10-11H2,1-3H3,(H2,32,41)/t15-,19-,25?,31-/m0/s1. The number of rotatable bonds is 6. The Labute approximate surface area is 262 Å². The lowest BCUT2D eigenvalue weighted by molar-refractivity contribution is -0.153. The van der Waals surface area contributed by atoms with Crippen molar-refractivity contribution in [2.45, 2.75) is 36.3 Å². The molecule has 14 nitrogen and oxygen atoms in total. The Balaban J connectivity index is 1.42. The van der Waals surface area contributed by atoms with E-state index >= 15 is 0 Å². The zero-order chi connectivity index (χ0) is 33.5. The van der Waals surface area contributed by atoms with Crippen LogP contribution < -0.4 is 10.5 Å². The number of hydrogen-bond acceptors (Lipinski definition) is 12. The summed E-state index contributed by atoms with van der Waals surface area (Å²) >= 11 is 0. The van der Waals surface area contributed by atoms with E-state index in [0.29, 0.717) is 16.7 Å². The minimum absolute atomic E-state index is 0.0517. The normalized spacial score (nSPS) is 24.5. The number of likely N-dealkylation sites (N-methyl/N-ethyl adjacent to an activating group) is 1. The third-order valence-corrected chi connectivity index (χ3v) is 10.5. The number of Topliss-reactive ketones (excluding diaryl/α,β-unsaturated/α-hetero) is 2. The van der Waals surface area contributed by atoms with E-state index in [2.05, 4.69) is 9.88 Å². The molecule has 0 saturated heterocycles. The van der Waals surface area contributed by atoms with Crippen molar-refractivity contribution in [2.75, 3.05) is 18.8 Å². The summed E-state index contributed by atoms with van der Waals surface area (Å²) in [6.07, 6.45) is 1.14. The van der Waals surface area contributed by atoms with Crippen molar-refractivity contribution in [3.8, 4) is 16.9 Å². The molecule has 3 aliphatic rings. The van der Waals surface area contributed by atoms with Crippen LogP contribution in [-0.4, -0.2) is 82.1 Å². The van der Waals surface area contributed by atoms with E-state index in [1.807, 2.05) is 0 Å². The topological polar surface area (TPSA) is 234 Å². The Bertz CT molecular complexity index is 2010. The second kappa shape index (κ2) is 10.5. The fourth-order valence-electron chi connectivity index (χ4n) is 6.99. The summed E-state index contributed by atoms with van der Waals surface area (Å²) in [5, 5.41) is 48.6. The van der Waals surface area contributed by atoms with E-state index in [0.717, 1.165) is 6.20 Å². The molecule has 1 fully saturated rings. The maximum absolute atomic E-state index is 14.0. The molecular weight excluding hydrogens is 620 g/mol. The molecule has 4 atom stereocenters. The van der Waals surface area contributed by atoms with Crippen LogP contribution in [-0.2, 0) is 30.8 Å². The van der Waals surface area contributed by atoms with Crippen LogP contribution in [0.1, 0.15) is 23.3 Å². The van der Waals surface area contributed by atoms with Crippen LogP contribution in [0.5, 0.6) is 5.75 Å². The molecule has 15 heteroatoms. The Kier molecular flexibility index (Phi) is 7.10. The average molecular weight is 651 g/mol. The summed E-state index contributed by atoms with van der Waals surface area (Å²) in [6, 6.07) is 8.09. The van der Waals surface area contributed by atoms with Crippen LogP contribution >= 0.6 is 0 Å². The van der Waals surface area contributed by atoms with Gasteiger partial charge in [0.05, 0.1) is 17.8 Å². The lowest BCUT2D eigenvalue weighted by Gasteiger charge is -2.50. The number of hydrogen-bond donors (Lipinski definition) is 6. The van der Waals surface area contributed by atoms with Crippen molar-refractivity contribution in [3.05, 3.63) is 76.4 Å². The number of phenols is 1. The van der Waals surface area contributed by atoms with E-state index in [4.69, 9.17) is 10.3 Å².